The summed E-state index contributed by atoms with van der Waals surface area (Å²) in [5.74, 6) is 1.12. The van der Waals surface area contributed by atoms with Gasteiger partial charge in [-0.3, -0.25) is 4.79 Å². The van der Waals surface area contributed by atoms with Crippen LogP contribution in [0.5, 0.6) is 5.75 Å². The van der Waals surface area contributed by atoms with Crippen molar-refractivity contribution in [3.05, 3.63) is 40.3 Å². The Morgan fingerprint density at radius 3 is 2.62 bits per heavy atom. The van der Waals surface area contributed by atoms with Gasteiger partial charge in [-0.1, -0.05) is 11.8 Å². The monoisotopic (exact) mass is 500 g/mol. The van der Waals surface area contributed by atoms with Crippen molar-refractivity contribution >= 4 is 40.0 Å². The number of hydrogen-bond acceptors (Lipinski definition) is 8. The quantitative estimate of drug-likeness (QED) is 0.332. The van der Waals surface area contributed by atoms with Crippen LogP contribution in [0.1, 0.15) is 47.5 Å². The Bertz CT molecular complexity index is 1170. The number of ether oxygens (including phenoxy) is 2. The first-order valence-electron chi connectivity index (χ1n) is 11.4. The van der Waals surface area contributed by atoms with E-state index in [1.54, 1.807) is 14.0 Å². The Balaban J connectivity index is 1.47. The molecule has 2 heterocycles. The summed E-state index contributed by atoms with van der Waals surface area (Å²) in [6.07, 6.45) is 3.92. The maximum atomic E-state index is 12.8. The molecule has 0 saturated heterocycles. The fourth-order valence-electron chi connectivity index (χ4n) is 4.00. The highest BCUT2D eigenvalue weighted by molar-refractivity contribution is 7.99. The number of fused-ring (bicyclic) bond motifs is 1. The fraction of sp³-hybridized carbons (Fsp3) is 0.417. The number of nitrogens with zero attached hydrogens (tertiary/aromatic N) is 3. The molecule has 0 bridgehead atoms. The minimum Gasteiger partial charge on any atom is -0.497 e. The van der Waals surface area contributed by atoms with Gasteiger partial charge in [0.15, 0.2) is 11.0 Å². The van der Waals surface area contributed by atoms with E-state index < -0.39 is 0 Å². The SMILES string of the molecule is CCOC(=O)c1c(NC(=O)CSc2nnc(-c3ccc(OC)cc3)n2CC)sc2c1CCCC2. The molecule has 180 valence electrons. The molecule has 1 aromatic carbocycles. The van der Waals surface area contributed by atoms with Gasteiger partial charge in [0.2, 0.25) is 5.91 Å². The van der Waals surface area contributed by atoms with Gasteiger partial charge in [0, 0.05) is 17.0 Å². The van der Waals surface area contributed by atoms with Gasteiger partial charge in [0.1, 0.15) is 10.8 Å². The predicted octanol–water partition coefficient (Wildman–Crippen LogP) is 4.82. The van der Waals surface area contributed by atoms with Crippen LogP contribution < -0.4 is 10.1 Å². The van der Waals surface area contributed by atoms with Crippen LogP contribution in [0.3, 0.4) is 0 Å². The average molecular weight is 501 g/mol. The topological polar surface area (TPSA) is 95.3 Å². The number of rotatable bonds is 9. The molecule has 1 aliphatic rings. The summed E-state index contributed by atoms with van der Waals surface area (Å²) in [6, 6.07) is 7.63. The molecule has 1 N–H and O–H groups in total. The molecular weight excluding hydrogens is 472 g/mol. The van der Waals surface area contributed by atoms with Crippen molar-refractivity contribution in [2.45, 2.75) is 51.2 Å². The molecule has 8 nitrogen and oxygen atoms in total. The van der Waals surface area contributed by atoms with Crippen LogP contribution in [0, 0.1) is 0 Å². The third-order valence-electron chi connectivity index (χ3n) is 5.62. The zero-order valence-corrected chi connectivity index (χ0v) is 21.2. The number of benzene rings is 1. The van der Waals surface area contributed by atoms with Crippen molar-refractivity contribution in [3.8, 4) is 17.1 Å². The molecule has 0 fully saturated rings. The second-order valence-electron chi connectivity index (χ2n) is 7.75. The molecule has 0 saturated carbocycles. The summed E-state index contributed by atoms with van der Waals surface area (Å²) >= 11 is 2.82. The van der Waals surface area contributed by atoms with Crippen LogP contribution in [0.15, 0.2) is 29.4 Å². The number of amides is 1. The second-order valence-corrected chi connectivity index (χ2v) is 9.80. The Morgan fingerprint density at radius 1 is 1.15 bits per heavy atom. The third-order valence-corrected chi connectivity index (χ3v) is 7.79. The van der Waals surface area contributed by atoms with E-state index in [0.29, 0.717) is 28.9 Å². The minimum atomic E-state index is -0.361. The summed E-state index contributed by atoms with van der Waals surface area (Å²) < 4.78 is 12.5. The lowest BCUT2D eigenvalue weighted by atomic mass is 9.95. The van der Waals surface area contributed by atoms with Gasteiger partial charge in [0.05, 0.1) is 25.0 Å². The van der Waals surface area contributed by atoms with Gasteiger partial charge in [-0.15, -0.1) is 21.5 Å². The highest BCUT2D eigenvalue weighted by Gasteiger charge is 2.27. The molecule has 0 unspecified atom stereocenters. The Hall–Kier alpha value is -2.85. The van der Waals surface area contributed by atoms with E-state index in [1.807, 2.05) is 35.8 Å². The normalized spacial score (nSPS) is 12.8. The zero-order chi connectivity index (χ0) is 24.1. The molecule has 0 spiro atoms. The maximum absolute atomic E-state index is 12.8. The predicted molar refractivity (Wildman–Crippen MR) is 134 cm³/mol. The van der Waals surface area contributed by atoms with Crippen molar-refractivity contribution in [1.29, 1.82) is 0 Å². The molecule has 10 heteroatoms. The summed E-state index contributed by atoms with van der Waals surface area (Å²) in [4.78, 5) is 26.6. The fourth-order valence-corrected chi connectivity index (χ4v) is 6.10. The standard InChI is InChI=1S/C24H28N4O4S2/c1-4-28-21(15-10-12-16(31-3)13-11-15)26-27-24(28)33-14-19(29)25-22-20(23(30)32-5-2)17-8-6-7-9-18(17)34-22/h10-13H,4-9,14H2,1-3H3,(H,25,29). The molecule has 1 amide bonds. The Labute approximate surface area is 207 Å². The van der Waals surface area contributed by atoms with E-state index in [1.165, 1.54) is 28.0 Å². The van der Waals surface area contributed by atoms with Gasteiger partial charge >= 0.3 is 5.97 Å². The van der Waals surface area contributed by atoms with Crippen molar-refractivity contribution in [1.82, 2.24) is 14.8 Å². The molecule has 4 rings (SSSR count). The molecule has 0 radical (unpaired) electrons. The number of esters is 1. The maximum Gasteiger partial charge on any atom is 0.341 e. The van der Waals surface area contributed by atoms with Gasteiger partial charge in [-0.05, 0) is 69.4 Å². The lowest BCUT2D eigenvalue weighted by Gasteiger charge is -2.12. The highest BCUT2D eigenvalue weighted by Crippen LogP contribution is 2.38. The number of aromatic nitrogens is 3. The smallest absolute Gasteiger partial charge is 0.341 e. The van der Waals surface area contributed by atoms with Crippen LogP contribution in [-0.2, 0) is 28.9 Å². The largest absolute Gasteiger partial charge is 0.497 e. The van der Waals surface area contributed by atoms with Gasteiger partial charge in [-0.2, -0.15) is 0 Å². The first kappa shape index (κ1) is 24.3. The van der Waals surface area contributed by atoms with Crippen molar-refractivity contribution in [3.63, 3.8) is 0 Å². The van der Waals surface area contributed by atoms with Gasteiger partial charge < -0.3 is 19.4 Å². The van der Waals surface area contributed by atoms with Gasteiger partial charge in [-0.25, -0.2) is 4.79 Å². The average Bonchev–Trinajstić information content (AvgIpc) is 3.43. The second kappa shape index (κ2) is 11.1. The van der Waals surface area contributed by atoms with E-state index >= 15 is 0 Å². The van der Waals surface area contributed by atoms with E-state index in [9.17, 15) is 9.59 Å². The Morgan fingerprint density at radius 2 is 1.91 bits per heavy atom. The molecular formula is C24H28N4O4S2. The number of thiophene rings is 1. The summed E-state index contributed by atoms with van der Waals surface area (Å²) in [5, 5.41) is 12.8. The van der Waals surface area contributed by atoms with Crippen LogP contribution >= 0.6 is 23.1 Å². The lowest BCUT2D eigenvalue weighted by Crippen LogP contribution is -2.17. The zero-order valence-electron chi connectivity index (χ0n) is 19.6. The lowest BCUT2D eigenvalue weighted by molar-refractivity contribution is -0.113. The first-order chi connectivity index (χ1) is 16.5. The van der Waals surface area contributed by atoms with Crippen LogP contribution in [-0.4, -0.2) is 46.1 Å². The number of carbonyl (C=O) groups is 2. The molecule has 2 aromatic heterocycles. The molecule has 0 atom stereocenters. The molecule has 3 aromatic rings. The van der Waals surface area contributed by atoms with Crippen LogP contribution in [0.2, 0.25) is 0 Å². The number of methoxy groups -OCH3 is 1. The molecule has 34 heavy (non-hydrogen) atoms. The summed E-state index contributed by atoms with van der Waals surface area (Å²) in [7, 11) is 1.63. The highest BCUT2D eigenvalue weighted by atomic mass is 32.2. The summed E-state index contributed by atoms with van der Waals surface area (Å²) in [6.45, 7) is 4.77. The number of nitrogens with one attached hydrogen (secondary N) is 1. The Kier molecular flexibility index (Phi) is 7.89. The first-order valence-corrected chi connectivity index (χ1v) is 13.2. The van der Waals surface area contributed by atoms with Crippen LogP contribution in [0.25, 0.3) is 11.4 Å². The number of anilines is 1. The van der Waals surface area contributed by atoms with Crippen molar-refractivity contribution in [2.75, 3.05) is 24.8 Å². The van der Waals surface area contributed by atoms with Crippen LogP contribution in [0.4, 0.5) is 5.00 Å². The van der Waals surface area contributed by atoms with E-state index in [0.717, 1.165) is 48.4 Å². The molecule has 0 aliphatic heterocycles. The van der Waals surface area contributed by atoms with Crippen molar-refractivity contribution in [2.24, 2.45) is 0 Å². The van der Waals surface area contributed by atoms with E-state index in [-0.39, 0.29) is 17.6 Å². The third kappa shape index (κ3) is 5.12. The number of thioether (sulfide) groups is 1. The number of aryl methyl sites for hydroxylation is 1. The molecule has 1 aliphatic carbocycles. The van der Waals surface area contributed by atoms with E-state index in [4.69, 9.17) is 9.47 Å². The minimum absolute atomic E-state index is 0.158. The van der Waals surface area contributed by atoms with Gasteiger partial charge in [0.25, 0.3) is 0 Å². The number of hydrogen-bond donors (Lipinski definition) is 1. The van der Waals surface area contributed by atoms with Crippen molar-refractivity contribution < 1.29 is 19.1 Å². The summed E-state index contributed by atoms with van der Waals surface area (Å²) in [5.41, 5.74) is 2.49. The van der Waals surface area contributed by atoms with E-state index in [2.05, 4.69) is 15.5 Å². The number of carbonyl (C=O) groups excluding carboxylic acids is 2.